The van der Waals surface area contributed by atoms with Crippen LogP contribution >= 0.6 is 0 Å². The first-order valence-corrected chi connectivity index (χ1v) is 3.13. The Balaban J connectivity index is 3.79. The van der Waals surface area contributed by atoms with Crippen molar-refractivity contribution in [2.45, 2.75) is 6.10 Å². The van der Waals surface area contributed by atoms with Gasteiger partial charge < -0.3 is 14.4 Å². The van der Waals surface area contributed by atoms with Gasteiger partial charge in [-0.1, -0.05) is 0 Å². The molecule has 13 heavy (non-hydrogen) atoms. The molecular weight excluding hydrogens is 188 g/mol. The van der Waals surface area contributed by atoms with Gasteiger partial charge in [0.1, 0.15) is 6.61 Å². The Morgan fingerprint density at radius 1 is 1.23 bits per heavy atom. The quantitative estimate of drug-likeness (QED) is 0.395. The molecule has 0 aliphatic carbocycles. The first-order valence-electron chi connectivity index (χ1n) is 3.13. The third-order valence-corrected chi connectivity index (χ3v) is 0.954. The van der Waals surface area contributed by atoms with E-state index >= 15 is 0 Å². The van der Waals surface area contributed by atoms with Gasteiger partial charge in [-0.15, -0.1) is 20.2 Å². The van der Waals surface area contributed by atoms with E-state index in [1.165, 1.54) is 7.11 Å². The molecule has 0 aromatic heterocycles. The normalized spacial score (nSPS) is 11.8. The molecule has 0 saturated carbocycles. The summed E-state index contributed by atoms with van der Waals surface area (Å²) in [5, 5.41) is 17.4. The van der Waals surface area contributed by atoms with E-state index in [2.05, 4.69) is 14.4 Å². The van der Waals surface area contributed by atoms with E-state index in [1.807, 2.05) is 0 Å². The maximum absolute atomic E-state index is 9.83. The fourth-order valence-corrected chi connectivity index (χ4v) is 0.561. The second-order valence-electron chi connectivity index (χ2n) is 1.93. The molecule has 0 saturated heterocycles. The van der Waals surface area contributed by atoms with Crippen molar-refractivity contribution in [2.75, 3.05) is 20.3 Å². The van der Waals surface area contributed by atoms with Crippen LogP contribution in [0.25, 0.3) is 0 Å². The second kappa shape index (κ2) is 5.94. The highest BCUT2D eigenvalue weighted by molar-refractivity contribution is 4.49. The van der Waals surface area contributed by atoms with Crippen LogP contribution in [0, 0.1) is 20.2 Å². The van der Waals surface area contributed by atoms with Crippen molar-refractivity contribution in [3.63, 3.8) is 0 Å². The second-order valence-corrected chi connectivity index (χ2v) is 1.93. The molecule has 0 fully saturated rings. The van der Waals surface area contributed by atoms with Gasteiger partial charge in [-0.05, 0) is 0 Å². The van der Waals surface area contributed by atoms with Crippen molar-refractivity contribution in [2.24, 2.45) is 0 Å². The molecule has 0 spiro atoms. The van der Waals surface area contributed by atoms with Crippen molar-refractivity contribution < 1.29 is 24.6 Å². The third-order valence-electron chi connectivity index (χ3n) is 0.954. The third kappa shape index (κ3) is 6.75. The van der Waals surface area contributed by atoms with Crippen molar-refractivity contribution in [3.05, 3.63) is 20.2 Å². The summed E-state index contributed by atoms with van der Waals surface area (Å²) < 4.78 is 4.51. The molecule has 0 N–H and O–H groups in total. The number of methoxy groups -OCH3 is 1. The molecule has 1 atom stereocenters. The van der Waals surface area contributed by atoms with E-state index in [0.29, 0.717) is 0 Å². The smallest absolute Gasteiger partial charge is 0.294 e. The molecule has 0 aromatic carbocycles. The number of rotatable bonds is 7. The molecule has 0 aromatic rings. The van der Waals surface area contributed by atoms with Crippen LogP contribution in [0.5, 0.6) is 0 Å². The van der Waals surface area contributed by atoms with Crippen LogP contribution in [0.1, 0.15) is 0 Å². The summed E-state index contributed by atoms with van der Waals surface area (Å²) in [6.07, 6.45) is -1.09. The summed E-state index contributed by atoms with van der Waals surface area (Å²) in [6, 6.07) is 0. The maximum atomic E-state index is 9.83. The molecular formula is C4H8N2O7. The first-order chi connectivity index (χ1) is 6.06. The first kappa shape index (κ1) is 11.4. The largest absolute Gasteiger partial charge is 0.382 e. The van der Waals surface area contributed by atoms with Crippen LogP contribution in [0.2, 0.25) is 0 Å². The van der Waals surface area contributed by atoms with Crippen LogP contribution in [0.3, 0.4) is 0 Å². The Labute approximate surface area is 72.4 Å². The van der Waals surface area contributed by atoms with Crippen molar-refractivity contribution in [1.82, 2.24) is 0 Å². The number of hydrogen-bond acceptors (Lipinski definition) is 7. The molecule has 76 valence electrons. The zero-order chi connectivity index (χ0) is 10.3. The lowest BCUT2D eigenvalue weighted by molar-refractivity contribution is -0.790. The summed E-state index contributed by atoms with van der Waals surface area (Å²) in [5.74, 6) is 0. The molecule has 0 rings (SSSR count). The van der Waals surface area contributed by atoms with Crippen LogP contribution in [0.15, 0.2) is 0 Å². The lowest BCUT2D eigenvalue weighted by Gasteiger charge is -2.11. The van der Waals surface area contributed by atoms with Gasteiger partial charge in [0.25, 0.3) is 10.2 Å². The topological polar surface area (TPSA) is 114 Å². The number of hydrogen-bond donors (Lipinski definition) is 0. The van der Waals surface area contributed by atoms with E-state index < -0.39 is 22.9 Å². The van der Waals surface area contributed by atoms with E-state index in [-0.39, 0.29) is 6.61 Å². The highest BCUT2D eigenvalue weighted by Crippen LogP contribution is 1.94. The molecule has 0 aliphatic rings. The van der Waals surface area contributed by atoms with Gasteiger partial charge in [0.2, 0.25) is 0 Å². The number of nitrogens with zero attached hydrogens (tertiary/aromatic N) is 2. The lowest BCUT2D eigenvalue weighted by atomic mass is 10.4. The number of ether oxygens (including phenoxy) is 1. The van der Waals surface area contributed by atoms with Crippen molar-refractivity contribution in [3.8, 4) is 0 Å². The minimum atomic E-state index is -1.09. The Bertz CT molecular complexity index is 183. The fraction of sp³-hybridized carbons (Fsp3) is 1.00. The van der Waals surface area contributed by atoms with Crippen LogP contribution < -0.4 is 0 Å². The van der Waals surface area contributed by atoms with Gasteiger partial charge in [-0.2, -0.15) is 0 Å². The Kier molecular flexibility index (Phi) is 5.19. The highest BCUT2D eigenvalue weighted by atomic mass is 17.0. The molecule has 0 bridgehead atoms. The van der Waals surface area contributed by atoms with Gasteiger partial charge in [-0.3, -0.25) is 0 Å². The van der Waals surface area contributed by atoms with Gasteiger partial charge >= 0.3 is 0 Å². The SMILES string of the molecule is COCC(CO[N+](=O)[O-])O[N+](=O)[O-]. The Hall–Kier alpha value is -1.64. The van der Waals surface area contributed by atoms with Gasteiger partial charge in [0.15, 0.2) is 6.10 Å². The summed E-state index contributed by atoms with van der Waals surface area (Å²) in [7, 11) is 1.28. The summed E-state index contributed by atoms with van der Waals surface area (Å²) in [5.41, 5.74) is 0. The van der Waals surface area contributed by atoms with E-state index in [4.69, 9.17) is 0 Å². The minimum absolute atomic E-state index is 0.158. The average Bonchev–Trinajstić information content (AvgIpc) is 1.99. The molecule has 9 nitrogen and oxygen atoms in total. The summed E-state index contributed by atoms with van der Waals surface area (Å²) in [6.45, 7) is -0.698. The predicted octanol–water partition coefficient (Wildman–Crippen LogP) is -0.582. The van der Waals surface area contributed by atoms with Crippen molar-refractivity contribution >= 4 is 0 Å². The summed E-state index contributed by atoms with van der Waals surface area (Å²) >= 11 is 0. The van der Waals surface area contributed by atoms with E-state index in [0.717, 1.165) is 0 Å². The monoisotopic (exact) mass is 196 g/mol. The Morgan fingerprint density at radius 2 is 1.85 bits per heavy atom. The highest BCUT2D eigenvalue weighted by Gasteiger charge is 2.14. The zero-order valence-electron chi connectivity index (χ0n) is 6.74. The van der Waals surface area contributed by atoms with Gasteiger partial charge in [0, 0.05) is 7.11 Å². The molecule has 0 radical (unpaired) electrons. The zero-order valence-corrected chi connectivity index (χ0v) is 6.74. The van der Waals surface area contributed by atoms with Crippen LogP contribution in [-0.4, -0.2) is 36.6 Å². The van der Waals surface area contributed by atoms with E-state index in [1.54, 1.807) is 0 Å². The fourth-order valence-electron chi connectivity index (χ4n) is 0.561. The summed E-state index contributed by atoms with van der Waals surface area (Å²) in [4.78, 5) is 27.4. The van der Waals surface area contributed by atoms with E-state index in [9.17, 15) is 20.2 Å². The molecule has 0 aliphatic heterocycles. The van der Waals surface area contributed by atoms with Gasteiger partial charge in [0.05, 0.1) is 6.61 Å². The molecule has 0 amide bonds. The molecule has 1 unspecified atom stereocenters. The standard InChI is InChI=1S/C4H8N2O7/c1-11-2-4(13-6(9)10)3-12-5(7)8/h4H,2-3H2,1H3. The maximum Gasteiger partial charge on any atom is 0.294 e. The van der Waals surface area contributed by atoms with Crippen LogP contribution in [0.4, 0.5) is 0 Å². The average molecular weight is 196 g/mol. The minimum Gasteiger partial charge on any atom is -0.382 e. The lowest BCUT2D eigenvalue weighted by Crippen LogP contribution is -2.28. The van der Waals surface area contributed by atoms with Crippen molar-refractivity contribution in [1.29, 1.82) is 0 Å². The Morgan fingerprint density at radius 3 is 2.23 bits per heavy atom. The molecule has 9 heteroatoms. The molecule has 0 heterocycles. The predicted molar refractivity (Wildman–Crippen MR) is 36.7 cm³/mol. The van der Waals surface area contributed by atoms with Gasteiger partial charge in [-0.25, -0.2) is 0 Å². The van der Waals surface area contributed by atoms with Crippen LogP contribution in [-0.2, 0) is 14.4 Å².